The predicted molar refractivity (Wildman–Crippen MR) is 94.7 cm³/mol. The molecule has 2 aromatic rings. The number of pyridine rings is 1. The molecule has 1 saturated carbocycles. The van der Waals surface area contributed by atoms with Gasteiger partial charge in [0.05, 0.1) is 30.2 Å². The molecule has 24 heavy (non-hydrogen) atoms. The fourth-order valence-corrected chi connectivity index (χ4v) is 4.24. The van der Waals surface area contributed by atoms with E-state index in [-0.39, 0.29) is 17.2 Å². The van der Waals surface area contributed by atoms with Crippen LogP contribution in [0.2, 0.25) is 0 Å². The zero-order valence-electron chi connectivity index (χ0n) is 13.9. The van der Waals surface area contributed by atoms with Crippen LogP contribution < -0.4 is 5.32 Å². The van der Waals surface area contributed by atoms with Gasteiger partial charge in [-0.1, -0.05) is 6.07 Å². The number of aryl methyl sites for hydroxylation is 2. The third-order valence-corrected chi connectivity index (χ3v) is 5.80. The lowest BCUT2D eigenvalue weighted by Crippen LogP contribution is -2.35. The molecule has 1 saturated heterocycles. The number of carbonyl (C=O) groups is 1. The van der Waals surface area contributed by atoms with Crippen LogP contribution in [0.1, 0.15) is 29.8 Å². The van der Waals surface area contributed by atoms with Crippen LogP contribution in [0.15, 0.2) is 29.3 Å². The van der Waals surface area contributed by atoms with Crippen LogP contribution >= 0.6 is 15.9 Å². The van der Waals surface area contributed by atoms with Crippen molar-refractivity contribution in [3.05, 3.63) is 46.2 Å². The summed E-state index contributed by atoms with van der Waals surface area (Å²) in [5.74, 6) is 0.247. The molecule has 2 fully saturated rings. The van der Waals surface area contributed by atoms with Crippen molar-refractivity contribution in [3.63, 3.8) is 0 Å². The van der Waals surface area contributed by atoms with Gasteiger partial charge in [0.2, 0.25) is 0 Å². The number of fused-ring (bicyclic) bond motifs is 1. The molecule has 0 aromatic carbocycles. The Morgan fingerprint density at radius 3 is 3.00 bits per heavy atom. The van der Waals surface area contributed by atoms with Crippen LogP contribution in [0.3, 0.4) is 0 Å². The normalized spacial score (nSPS) is 28.0. The third kappa shape index (κ3) is 2.93. The molecule has 4 rings (SSSR count). The van der Waals surface area contributed by atoms with Gasteiger partial charge in [-0.25, -0.2) is 9.97 Å². The number of halogens is 1. The Labute approximate surface area is 150 Å². The van der Waals surface area contributed by atoms with Crippen molar-refractivity contribution in [1.82, 2.24) is 19.9 Å². The number of aromatic nitrogens is 3. The zero-order chi connectivity index (χ0) is 16.9. The number of ketones is 1. The first-order valence-corrected chi connectivity index (χ1v) is 9.14. The Kier molecular flexibility index (Phi) is 3.84. The highest BCUT2D eigenvalue weighted by Gasteiger charge is 2.61. The molecule has 5 nitrogen and oxygen atoms in total. The maximum Gasteiger partial charge on any atom is 0.155 e. The number of hydrogen-bond acceptors (Lipinski definition) is 4. The number of nitrogens with one attached hydrogen (secondary N) is 1. The first kappa shape index (κ1) is 16.0. The smallest absolute Gasteiger partial charge is 0.155 e. The molecule has 0 spiro atoms. The van der Waals surface area contributed by atoms with Gasteiger partial charge in [-0.05, 0) is 54.2 Å². The third-order valence-electron chi connectivity index (χ3n) is 5.36. The second-order valence-corrected chi connectivity index (χ2v) is 8.08. The fraction of sp³-hybridized carbons (Fsp3) is 0.500. The van der Waals surface area contributed by atoms with E-state index in [2.05, 4.69) is 42.0 Å². The van der Waals surface area contributed by atoms with E-state index in [4.69, 9.17) is 0 Å². The van der Waals surface area contributed by atoms with Crippen molar-refractivity contribution in [2.45, 2.75) is 51.7 Å². The summed E-state index contributed by atoms with van der Waals surface area (Å²) in [6.45, 7) is 4.96. The number of carbonyl (C=O) groups excluding carboxylic acids is 1. The van der Waals surface area contributed by atoms with E-state index < -0.39 is 0 Å². The SMILES string of the molecule is Cc1cn(C[C@@]23CC(C(=O)Cc4nc(Br)ccc4C)N[C@@H]2C3)cn1. The topological polar surface area (TPSA) is 59.8 Å². The second kappa shape index (κ2) is 5.77. The summed E-state index contributed by atoms with van der Waals surface area (Å²) in [6, 6.07) is 4.33. The van der Waals surface area contributed by atoms with Gasteiger partial charge in [-0.15, -0.1) is 0 Å². The number of Topliss-reactive ketones (excluding diaryl/α,β-unsaturated/α-hetero) is 1. The molecule has 0 bridgehead atoms. The van der Waals surface area contributed by atoms with Gasteiger partial charge in [0, 0.05) is 24.2 Å². The summed E-state index contributed by atoms with van der Waals surface area (Å²) < 4.78 is 2.94. The molecule has 1 N–H and O–H groups in total. The largest absolute Gasteiger partial charge is 0.337 e. The van der Waals surface area contributed by atoms with Crippen molar-refractivity contribution < 1.29 is 4.79 Å². The summed E-state index contributed by atoms with van der Waals surface area (Å²) in [5, 5.41) is 3.53. The first-order chi connectivity index (χ1) is 11.4. The van der Waals surface area contributed by atoms with Crippen molar-refractivity contribution >= 4 is 21.7 Å². The quantitative estimate of drug-likeness (QED) is 0.799. The Hall–Kier alpha value is -1.53. The van der Waals surface area contributed by atoms with Crippen LogP contribution in [0.4, 0.5) is 0 Å². The lowest BCUT2D eigenvalue weighted by molar-refractivity contribution is -0.120. The van der Waals surface area contributed by atoms with E-state index in [1.54, 1.807) is 0 Å². The lowest BCUT2D eigenvalue weighted by Gasteiger charge is -2.16. The highest BCUT2D eigenvalue weighted by Crippen LogP contribution is 2.55. The van der Waals surface area contributed by atoms with E-state index in [9.17, 15) is 4.79 Å². The molecule has 1 unspecified atom stereocenters. The van der Waals surface area contributed by atoms with E-state index in [1.165, 1.54) is 0 Å². The Morgan fingerprint density at radius 1 is 1.42 bits per heavy atom. The number of imidazole rings is 1. The minimum absolute atomic E-state index is 0.0476. The van der Waals surface area contributed by atoms with Gasteiger partial charge in [0.15, 0.2) is 5.78 Å². The molecule has 2 aliphatic rings. The molecule has 0 amide bonds. The van der Waals surface area contributed by atoms with E-state index in [0.717, 1.165) is 40.9 Å². The van der Waals surface area contributed by atoms with Crippen molar-refractivity contribution in [3.8, 4) is 0 Å². The van der Waals surface area contributed by atoms with Crippen LogP contribution in [-0.4, -0.2) is 32.4 Å². The summed E-state index contributed by atoms with van der Waals surface area (Å²) in [7, 11) is 0. The van der Waals surface area contributed by atoms with E-state index in [0.29, 0.717) is 12.5 Å². The highest BCUT2D eigenvalue weighted by atomic mass is 79.9. The zero-order valence-corrected chi connectivity index (χ0v) is 15.5. The van der Waals surface area contributed by atoms with Crippen LogP contribution in [-0.2, 0) is 17.8 Å². The molecule has 2 aromatic heterocycles. The van der Waals surface area contributed by atoms with Gasteiger partial charge in [0.25, 0.3) is 0 Å². The van der Waals surface area contributed by atoms with Gasteiger partial charge >= 0.3 is 0 Å². The fourth-order valence-electron chi connectivity index (χ4n) is 3.90. The average Bonchev–Trinajstić information content (AvgIpc) is 2.86. The van der Waals surface area contributed by atoms with Crippen LogP contribution in [0, 0.1) is 19.3 Å². The first-order valence-electron chi connectivity index (χ1n) is 8.34. The molecular formula is C18H21BrN4O. The minimum atomic E-state index is -0.0476. The molecule has 6 heteroatoms. The summed E-state index contributed by atoms with van der Waals surface area (Å²) in [6.07, 6.45) is 6.44. The van der Waals surface area contributed by atoms with Gasteiger partial charge in [-0.3, -0.25) is 4.79 Å². The molecule has 1 aliphatic heterocycles. The van der Waals surface area contributed by atoms with Crippen LogP contribution in [0.5, 0.6) is 0 Å². The van der Waals surface area contributed by atoms with Crippen molar-refractivity contribution in [1.29, 1.82) is 0 Å². The van der Waals surface area contributed by atoms with E-state index >= 15 is 0 Å². The van der Waals surface area contributed by atoms with Gasteiger partial charge in [0.1, 0.15) is 4.60 Å². The number of rotatable bonds is 5. The van der Waals surface area contributed by atoms with Crippen LogP contribution in [0.25, 0.3) is 0 Å². The Balaban J connectivity index is 1.42. The average molecular weight is 389 g/mol. The van der Waals surface area contributed by atoms with Gasteiger partial charge in [-0.2, -0.15) is 0 Å². The number of piperidine rings is 1. The van der Waals surface area contributed by atoms with E-state index in [1.807, 2.05) is 32.3 Å². The predicted octanol–water partition coefficient (Wildman–Crippen LogP) is 2.59. The molecule has 0 radical (unpaired) electrons. The Morgan fingerprint density at radius 2 is 2.25 bits per heavy atom. The second-order valence-electron chi connectivity index (χ2n) is 7.27. The molecule has 3 atom stereocenters. The molecular weight excluding hydrogens is 368 g/mol. The monoisotopic (exact) mass is 388 g/mol. The molecule has 3 heterocycles. The van der Waals surface area contributed by atoms with Crippen molar-refractivity contribution in [2.75, 3.05) is 0 Å². The summed E-state index contributed by atoms with van der Waals surface area (Å²) in [5.41, 5.74) is 3.21. The van der Waals surface area contributed by atoms with Gasteiger partial charge < -0.3 is 9.88 Å². The number of hydrogen-bond donors (Lipinski definition) is 1. The minimum Gasteiger partial charge on any atom is -0.337 e. The Bertz CT molecular complexity index is 802. The maximum absolute atomic E-state index is 12.7. The number of nitrogens with zero attached hydrogens (tertiary/aromatic N) is 3. The summed E-state index contributed by atoms with van der Waals surface area (Å²) in [4.78, 5) is 21.5. The van der Waals surface area contributed by atoms with Crippen molar-refractivity contribution in [2.24, 2.45) is 5.41 Å². The summed E-state index contributed by atoms with van der Waals surface area (Å²) >= 11 is 3.39. The standard InChI is InChI=1S/C18H21BrN4O/c1-11-3-4-17(19)22-13(11)5-15(24)14-6-18(7-16(18)21-14)9-23-8-12(2)20-10-23/h3-4,8,10,14,16,21H,5-7,9H2,1-2H3/t14?,16-,18+/m1/s1. The maximum atomic E-state index is 12.7. The molecule has 1 aliphatic carbocycles. The molecule has 126 valence electrons. The highest BCUT2D eigenvalue weighted by molar-refractivity contribution is 9.10. The lowest BCUT2D eigenvalue weighted by atomic mass is 9.95.